The summed E-state index contributed by atoms with van der Waals surface area (Å²) >= 11 is 0. The van der Waals surface area contributed by atoms with Gasteiger partial charge in [0.05, 0.1) is 12.2 Å². The molecule has 2 aliphatic heterocycles. The molecule has 0 spiro atoms. The predicted molar refractivity (Wildman–Crippen MR) is 764 cm³/mol. The molecule has 0 aromatic heterocycles. The van der Waals surface area contributed by atoms with Crippen molar-refractivity contribution < 1.29 is 4.74 Å². The summed E-state index contributed by atoms with van der Waals surface area (Å²) in [5.74, 6) is 2.30. The lowest BCUT2D eigenvalue weighted by Gasteiger charge is -2.62. The van der Waals surface area contributed by atoms with Crippen molar-refractivity contribution in [2.45, 2.75) is 605 Å². The highest BCUT2D eigenvalue weighted by molar-refractivity contribution is 7.92. The van der Waals surface area contributed by atoms with E-state index in [0.717, 1.165) is 17.4 Å². The number of fused-ring (bicyclic) bond motifs is 4. The van der Waals surface area contributed by atoms with E-state index in [2.05, 4.69) is 439 Å². The summed E-state index contributed by atoms with van der Waals surface area (Å²) in [6.45, 7) is 175. The monoisotopic (exact) mass is 2450 g/mol. The molecule has 133 heavy (non-hydrogen) atoms. The minimum atomic E-state index is -1.23. The average Bonchev–Trinajstić information content (AvgIpc) is 1.69. The van der Waals surface area contributed by atoms with Gasteiger partial charge in [-0.25, -0.2) is 0 Å². The molecule has 6 unspecified atom stereocenters. The molecule has 0 amide bonds. The van der Waals surface area contributed by atoms with Crippen LogP contribution in [0.15, 0.2) is 0 Å². The van der Waals surface area contributed by atoms with E-state index in [1.807, 2.05) is 0 Å². The molecule has 5 fully saturated rings. The Hall–Kier alpha value is 7.77. The zero-order valence-corrected chi connectivity index (χ0v) is 153. The van der Waals surface area contributed by atoms with Crippen LogP contribution in [-0.2, 0) is 4.74 Å². The van der Waals surface area contributed by atoms with E-state index in [1.165, 1.54) is 125 Å². The molecule has 0 N–H and O–H groups in total. The molecule has 1 nitrogen and oxygen atoms in total. The van der Waals surface area contributed by atoms with E-state index in [0.29, 0.717) is 12.2 Å². The number of hydrogen-bond donors (Lipinski definition) is 0. The third-order valence-electron chi connectivity index (χ3n) is 40.7. The third-order valence-corrected chi connectivity index (χ3v) is 521. The van der Waals surface area contributed by atoms with Gasteiger partial charge in [-0.15, -0.1) is 0 Å². The Morgan fingerprint density at radius 3 is 0.662 bits per heavy atom. The zero-order valence-electron chi connectivity index (χ0n) is 109. The first-order valence-electron chi connectivity index (χ1n) is 57.7. The van der Waals surface area contributed by atoms with Gasteiger partial charge in [-0.05, 0) is 79.3 Å². The van der Waals surface area contributed by atoms with Crippen LogP contribution >= 0.6 is 0 Å². The van der Waals surface area contributed by atoms with E-state index in [-0.39, 0.29) is 0 Å². The SMILES string of the molecule is C[SiH3].C[SiH3].C[SiH3].C[Si](C)(C)[Si](C)(C)CC[SiH3].C[Si](C)(C)[Si](C)(C)[Si](C)(C)CC[SiH3].C[Si](C)(C)[Si](C)(C)[Si](C)(C)[Si](C)(C)CC[SiH3].C[Si](C)(C)[Si](C)(CC[SiH3])[Si](C)(C)C.C[Si](C)(C)[Si](C1CC2CCC1C2)([Si](C)(C)C)[Si](C)(C)C.C[Si](C)(C)[Si](C1CC2CCC1O2)([Si](C)(C)C)[Si](C)(C)C.C[Si](C)(C)[Si](C1CCCCC1)([Si](C)(C)C)[Si](C)(C)C.C[Si](C)(C)[Si](CC[SiH3])([Si](C)(C)C)[Si](C)(C)C. The second kappa shape index (κ2) is 55.7. The Balaban J connectivity index is -0.000000346. The molecular formula is C96H276OSi36. The standard InChI is InChI=1S/C16H38Si4.C15H36OSi4.C15H38Si4.2C11H34Si5.2C9H28Si4.C7H22Si3.3CH6Si/c1-17(2,3)20(18(4,5)6,19(7,8)9)16-13-14-10-11-15(16)12-14;1-17(2,3)20(18(4,5)6,19(7,8)9)15-12-13-10-11-14(15)16-13;1-16(2,3)19(17(4,5)6,18(7,8)9)15-13-11-10-12-14-15;1-13(2,3)15(6,7)16(8,9)14(4,5)11-10-12;1-13(2,3)16(11-10-12,14(4,5)6)15(7,8)9;1-11(2,3)13(6,7)12(4,5)9-8-10;1-11(2,3)13(7,9-8-10)12(4,5)6;1-9(2,3)10(4,5)7-6-8;3*1-2/h14-16H,10-13H2,1-9H3;13-15H,10-12H2,1-9H3;15H,10-14H2,1-9H3;2*10-11H2,1-9,12H3;2*8-9H2,1-7,10H3;6-7H2,1-5,8H3;3*1-2H3. The zero-order chi connectivity index (χ0) is 109. The van der Waals surface area contributed by atoms with E-state index in [1.54, 1.807) is 106 Å². The molecule has 5 rings (SSSR count). The van der Waals surface area contributed by atoms with Gasteiger partial charge in [0, 0.05) is 258 Å². The van der Waals surface area contributed by atoms with Crippen LogP contribution in [0.25, 0.3) is 0 Å². The van der Waals surface area contributed by atoms with Crippen molar-refractivity contribution in [1.82, 2.24) is 0 Å². The summed E-state index contributed by atoms with van der Waals surface area (Å²) in [6, 6.07) is 15.9. The van der Waals surface area contributed by atoms with Crippen molar-refractivity contribution in [1.29, 1.82) is 0 Å². The highest BCUT2D eigenvalue weighted by Gasteiger charge is 2.71. The molecule has 2 heterocycles. The Morgan fingerprint density at radius 2 is 0.481 bits per heavy atom. The van der Waals surface area contributed by atoms with Gasteiger partial charge in [0.25, 0.3) is 0 Å². The lowest BCUT2D eigenvalue weighted by Crippen LogP contribution is -2.85. The van der Waals surface area contributed by atoms with Gasteiger partial charge in [-0.1, -0.05) is 556 Å². The maximum Gasteiger partial charge on any atom is 0.0580 e. The summed E-state index contributed by atoms with van der Waals surface area (Å²) in [7, 11) is -11.7. The van der Waals surface area contributed by atoms with Gasteiger partial charge >= 0.3 is 0 Å². The van der Waals surface area contributed by atoms with E-state index < -0.39 is 207 Å². The normalized spacial score (nSPS) is 20.5. The maximum absolute atomic E-state index is 6.38. The fourth-order valence-electron chi connectivity index (χ4n) is 34.6. The number of ether oxygens (including phenoxy) is 1. The molecular weight excluding hydrogens is 2180 g/mol. The Morgan fingerprint density at radius 1 is 0.211 bits per heavy atom. The molecule has 5 aliphatic rings. The summed E-state index contributed by atoms with van der Waals surface area (Å²) in [4.78, 5) is 0. The van der Waals surface area contributed by atoms with E-state index in [9.17, 15) is 0 Å². The summed E-state index contributed by atoms with van der Waals surface area (Å²) in [5.41, 5.74) is 3.46. The van der Waals surface area contributed by atoms with Gasteiger partial charge in [-0.2, -0.15) is 0 Å². The smallest absolute Gasteiger partial charge is 0.0580 e. The van der Waals surface area contributed by atoms with E-state index in [4.69, 9.17) is 4.74 Å². The van der Waals surface area contributed by atoms with Gasteiger partial charge in [0.15, 0.2) is 0 Å². The molecule has 2 saturated heterocycles. The van der Waals surface area contributed by atoms with Gasteiger partial charge in [-0.3, -0.25) is 0 Å². The molecule has 0 aromatic rings. The van der Waals surface area contributed by atoms with Crippen LogP contribution in [0.4, 0.5) is 0 Å². The van der Waals surface area contributed by atoms with Crippen LogP contribution in [0.2, 0.25) is 516 Å². The number of hydrogen-bond acceptors (Lipinski definition) is 1. The second-order valence-corrected chi connectivity index (χ2v) is 353. The second-order valence-electron chi connectivity index (χ2n) is 65.5. The minimum absolute atomic E-state index is 0.640. The fourth-order valence-corrected chi connectivity index (χ4v) is 626. The molecule has 37 heteroatoms. The lowest BCUT2D eigenvalue weighted by atomic mass is 10.0. The molecule has 0 aromatic carbocycles. The Labute approximate surface area is 899 Å². The molecule has 0 radical (unpaired) electrons. The van der Waals surface area contributed by atoms with Crippen molar-refractivity contribution in [3.8, 4) is 0 Å². The first-order chi connectivity index (χ1) is 58.1. The number of rotatable bonds is 33. The van der Waals surface area contributed by atoms with Crippen LogP contribution in [0.1, 0.15) is 77.0 Å². The van der Waals surface area contributed by atoms with Gasteiger partial charge in [0.2, 0.25) is 0 Å². The summed E-state index contributed by atoms with van der Waals surface area (Å²) < 4.78 is 6.38. The quantitative estimate of drug-likeness (QED) is 0.0595. The predicted octanol–water partition coefficient (Wildman–Crippen LogP) is 29.3. The fraction of sp³-hybridized carbons (Fsp3) is 1.00. The van der Waals surface area contributed by atoms with Crippen molar-refractivity contribution in [3.05, 3.63) is 0 Å². The van der Waals surface area contributed by atoms with Crippen LogP contribution in [0, 0.1) is 11.8 Å². The molecule has 3 saturated carbocycles. The van der Waals surface area contributed by atoms with Crippen molar-refractivity contribution in [2.24, 2.45) is 11.8 Å². The first-order valence-corrected chi connectivity index (χ1v) is 180. The molecule has 4 bridgehead atoms. The minimum Gasteiger partial charge on any atom is -0.375 e. The van der Waals surface area contributed by atoms with Crippen molar-refractivity contribution in [3.63, 3.8) is 0 Å². The van der Waals surface area contributed by atoms with Crippen LogP contribution in [0.5, 0.6) is 0 Å². The van der Waals surface area contributed by atoms with Gasteiger partial charge < -0.3 is 4.74 Å². The molecule has 810 valence electrons. The average molecular weight is 2460 g/mol. The van der Waals surface area contributed by atoms with Crippen molar-refractivity contribution in [2.75, 3.05) is 0 Å². The molecule has 6 atom stereocenters. The third kappa shape index (κ3) is 37.0. The maximum atomic E-state index is 6.38. The molecule has 3 aliphatic carbocycles. The Kier molecular flexibility index (Phi) is 63.4. The van der Waals surface area contributed by atoms with Crippen LogP contribution in [0.3, 0.4) is 0 Å². The summed E-state index contributed by atoms with van der Waals surface area (Å²) in [6.07, 6.45) is 19.7. The van der Waals surface area contributed by atoms with Crippen LogP contribution in [-0.4, -0.2) is 301 Å². The summed E-state index contributed by atoms with van der Waals surface area (Å²) in [5, 5.41) is 0. The van der Waals surface area contributed by atoms with Crippen molar-refractivity contribution >= 4 is 289 Å². The first kappa shape index (κ1) is 151. The topological polar surface area (TPSA) is 9.23 Å². The van der Waals surface area contributed by atoms with Crippen LogP contribution < -0.4 is 0 Å². The Bertz CT molecular complexity index is 2960. The largest absolute Gasteiger partial charge is 0.375 e. The van der Waals surface area contributed by atoms with E-state index >= 15 is 0 Å². The van der Waals surface area contributed by atoms with Gasteiger partial charge in [0.1, 0.15) is 0 Å². The highest BCUT2D eigenvalue weighted by Crippen LogP contribution is 2.62. The lowest BCUT2D eigenvalue weighted by molar-refractivity contribution is 0.105. The highest BCUT2D eigenvalue weighted by atomic mass is 29.9.